The molecule has 0 fully saturated rings. The minimum Gasteiger partial charge on any atom is -0.367 e. The molecule has 0 bridgehead atoms. The van der Waals surface area contributed by atoms with E-state index in [-0.39, 0.29) is 24.5 Å². The van der Waals surface area contributed by atoms with Crippen molar-refractivity contribution in [3.8, 4) is 0 Å². The number of aryl methyl sites for hydroxylation is 1. The van der Waals surface area contributed by atoms with Crippen LogP contribution >= 0.6 is 0 Å². The summed E-state index contributed by atoms with van der Waals surface area (Å²) < 4.78 is 40.9. The zero-order chi connectivity index (χ0) is 21.6. The highest BCUT2D eigenvalue weighted by Gasteiger charge is 2.27. The summed E-state index contributed by atoms with van der Waals surface area (Å²) in [6.07, 6.45) is -4.37. The van der Waals surface area contributed by atoms with Crippen LogP contribution < -0.4 is 10.6 Å². The molecule has 0 radical (unpaired) electrons. The van der Waals surface area contributed by atoms with E-state index in [1.54, 1.807) is 38.1 Å². The quantitative estimate of drug-likeness (QED) is 0.727. The molecule has 2 aromatic rings. The van der Waals surface area contributed by atoms with Gasteiger partial charge in [-0.2, -0.15) is 13.2 Å². The first-order valence-corrected chi connectivity index (χ1v) is 8.84. The van der Waals surface area contributed by atoms with Crippen LogP contribution in [0.15, 0.2) is 36.4 Å². The topological polar surface area (TPSA) is 80.3 Å². The molecule has 1 unspecified atom stereocenters. The van der Waals surface area contributed by atoms with Crippen LogP contribution in [-0.2, 0) is 16.1 Å². The van der Waals surface area contributed by atoms with E-state index in [4.69, 9.17) is 0 Å². The molecule has 2 amide bonds. The summed E-state index contributed by atoms with van der Waals surface area (Å²) >= 11 is 0. The highest BCUT2D eigenvalue weighted by Crippen LogP contribution is 2.19. The van der Waals surface area contributed by atoms with E-state index in [9.17, 15) is 22.8 Å². The Labute approximate surface area is 166 Å². The van der Waals surface area contributed by atoms with Gasteiger partial charge in [-0.05, 0) is 49.2 Å². The van der Waals surface area contributed by atoms with E-state index in [0.717, 1.165) is 5.56 Å². The van der Waals surface area contributed by atoms with E-state index < -0.39 is 12.8 Å². The summed E-state index contributed by atoms with van der Waals surface area (Å²) in [6.45, 7) is 3.44. The number of halogens is 3. The molecule has 29 heavy (non-hydrogen) atoms. The van der Waals surface area contributed by atoms with Gasteiger partial charge in [0.15, 0.2) is 0 Å². The van der Waals surface area contributed by atoms with Crippen LogP contribution in [0.1, 0.15) is 47.1 Å². The van der Waals surface area contributed by atoms with Crippen molar-refractivity contribution in [3.63, 3.8) is 0 Å². The van der Waals surface area contributed by atoms with E-state index in [2.05, 4.69) is 20.4 Å². The summed E-state index contributed by atoms with van der Waals surface area (Å²) in [5.41, 5.74) is 2.36. The van der Waals surface area contributed by atoms with Gasteiger partial charge in [-0.25, -0.2) is 4.98 Å². The van der Waals surface area contributed by atoms with Gasteiger partial charge >= 0.3 is 6.18 Å². The fourth-order valence-corrected chi connectivity index (χ4v) is 2.59. The first-order chi connectivity index (χ1) is 13.5. The number of hydrogen-bond acceptors (Lipinski definition) is 4. The molecule has 1 atom stereocenters. The largest absolute Gasteiger partial charge is 0.411 e. The maximum Gasteiger partial charge on any atom is 0.411 e. The second-order valence-corrected chi connectivity index (χ2v) is 6.61. The lowest BCUT2D eigenvalue weighted by atomic mass is 10.1. The molecule has 1 heterocycles. The number of pyridine rings is 1. The highest BCUT2D eigenvalue weighted by molar-refractivity contribution is 5.94. The summed E-state index contributed by atoms with van der Waals surface area (Å²) in [4.78, 5) is 27.9. The summed E-state index contributed by atoms with van der Waals surface area (Å²) in [7, 11) is 0. The minimum atomic E-state index is -4.37. The van der Waals surface area contributed by atoms with Crippen molar-refractivity contribution in [1.82, 2.24) is 10.3 Å². The number of hydrogen-bond donors (Lipinski definition) is 2. The lowest BCUT2D eigenvalue weighted by Crippen LogP contribution is -2.27. The average Bonchev–Trinajstić information content (AvgIpc) is 2.60. The lowest BCUT2D eigenvalue weighted by Gasteiger charge is -2.16. The van der Waals surface area contributed by atoms with Crippen LogP contribution in [0.3, 0.4) is 0 Å². The Bertz CT molecular complexity index is 868. The molecule has 0 saturated carbocycles. The molecule has 1 aromatic carbocycles. The Balaban J connectivity index is 1.99. The summed E-state index contributed by atoms with van der Waals surface area (Å²) in [6, 6.07) is 9.26. The number of nitrogens with zero attached hydrogens (tertiary/aromatic N) is 1. The molecular weight excluding hydrogens is 387 g/mol. The molecule has 6 nitrogen and oxygen atoms in total. The number of carbonyl (C=O) groups excluding carboxylic acids is 2. The zero-order valence-corrected chi connectivity index (χ0v) is 16.3. The molecule has 9 heteroatoms. The van der Waals surface area contributed by atoms with Crippen molar-refractivity contribution >= 4 is 17.6 Å². The number of anilines is 1. The third-order valence-electron chi connectivity index (χ3n) is 3.88. The molecule has 156 valence electrons. The van der Waals surface area contributed by atoms with Crippen molar-refractivity contribution < 1.29 is 27.5 Å². The van der Waals surface area contributed by atoms with Gasteiger partial charge in [0.05, 0.1) is 12.6 Å². The van der Waals surface area contributed by atoms with Gasteiger partial charge in [0.1, 0.15) is 12.4 Å². The average molecular weight is 409 g/mol. The Morgan fingerprint density at radius 3 is 2.41 bits per heavy atom. The molecule has 0 spiro atoms. The molecule has 0 aliphatic carbocycles. The molecule has 0 aliphatic heterocycles. The second kappa shape index (κ2) is 9.51. The van der Waals surface area contributed by atoms with Crippen LogP contribution in [0, 0.1) is 6.92 Å². The smallest absolute Gasteiger partial charge is 0.367 e. The SMILES string of the molecule is CC(=O)Nc1cc(C(C)NC(=O)c2ccc(COCC(F)(F)F)cc2)cc(C)n1. The van der Waals surface area contributed by atoms with E-state index in [1.807, 2.05) is 0 Å². The van der Waals surface area contributed by atoms with Crippen LogP contribution in [0.4, 0.5) is 19.0 Å². The minimum absolute atomic E-state index is 0.194. The summed E-state index contributed by atoms with van der Waals surface area (Å²) in [5, 5.41) is 5.46. The van der Waals surface area contributed by atoms with Crippen molar-refractivity contribution in [2.75, 3.05) is 11.9 Å². The van der Waals surface area contributed by atoms with Gasteiger partial charge in [-0.3, -0.25) is 9.59 Å². The summed E-state index contributed by atoms with van der Waals surface area (Å²) in [5.74, 6) is -0.183. The first-order valence-electron chi connectivity index (χ1n) is 8.84. The Morgan fingerprint density at radius 1 is 1.17 bits per heavy atom. The van der Waals surface area contributed by atoms with E-state index in [1.165, 1.54) is 19.1 Å². The molecule has 1 aromatic heterocycles. The Morgan fingerprint density at radius 2 is 1.83 bits per heavy atom. The monoisotopic (exact) mass is 409 g/mol. The zero-order valence-electron chi connectivity index (χ0n) is 16.3. The number of carbonyl (C=O) groups is 2. The van der Waals surface area contributed by atoms with Crippen molar-refractivity contribution in [3.05, 3.63) is 58.8 Å². The first kappa shape index (κ1) is 22.4. The number of aromatic nitrogens is 1. The molecule has 2 N–H and O–H groups in total. The van der Waals surface area contributed by atoms with E-state index in [0.29, 0.717) is 22.6 Å². The van der Waals surface area contributed by atoms with Gasteiger partial charge in [0.2, 0.25) is 5.91 Å². The fraction of sp³-hybridized carbons (Fsp3) is 0.350. The lowest BCUT2D eigenvalue weighted by molar-refractivity contribution is -0.176. The third-order valence-corrected chi connectivity index (χ3v) is 3.88. The highest BCUT2D eigenvalue weighted by atomic mass is 19.4. The molecule has 2 rings (SSSR count). The van der Waals surface area contributed by atoms with Gasteiger partial charge in [0, 0.05) is 18.2 Å². The fourth-order valence-electron chi connectivity index (χ4n) is 2.59. The number of rotatable bonds is 7. The number of nitrogens with one attached hydrogen (secondary N) is 2. The predicted octanol–water partition coefficient (Wildman–Crippen LogP) is 3.92. The number of alkyl halides is 3. The van der Waals surface area contributed by atoms with Crippen LogP contribution in [0.2, 0.25) is 0 Å². The number of amides is 2. The van der Waals surface area contributed by atoms with E-state index >= 15 is 0 Å². The Hall–Kier alpha value is -2.94. The second-order valence-electron chi connectivity index (χ2n) is 6.61. The third kappa shape index (κ3) is 7.53. The van der Waals surface area contributed by atoms with Gasteiger partial charge in [-0.1, -0.05) is 12.1 Å². The normalized spacial score (nSPS) is 12.3. The van der Waals surface area contributed by atoms with Crippen molar-refractivity contribution in [1.29, 1.82) is 0 Å². The number of ether oxygens (including phenoxy) is 1. The number of benzene rings is 1. The van der Waals surface area contributed by atoms with Crippen molar-refractivity contribution in [2.45, 2.75) is 39.6 Å². The predicted molar refractivity (Wildman–Crippen MR) is 101 cm³/mol. The molecular formula is C20H22F3N3O3. The van der Waals surface area contributed by atoms with Crippen LogP contribution in [0.25, 0.3) is 0 Å². The maximum absolute atomic E-state index is 12.5. The van der Waals surface area contributed by atoms with Gasteiger partial charge in [-0.15, -0.1) is 0 Å². The standard InChI is InChI=1S/C20H22F3N3O3/c1-12-8-17(9-18(24-12)26-14(3)27)13(2)25-19(28)16-6-4-15(5-7-16)10-29-11-20(21,22)23/h4-9,13H,10-11H2,1-3H3,(H,25,28)(H,24,26,27). The van der Waals surface area contributed by atoms with Gasteiger partial charge in [0.25, 0.3) is 5.91 Å². The maximum atomic E-state index is 12.5. The molecule has 0 saturated heterocycles. The van der Waals surface area contributed by atoms with Crippen LogP contribution in [-0.4, -0.2) is 29.6 Å². The van der Waals surface area contributed by atoms with Crippen molar-refractivity contribution in [2.24, 2.45) is 0 Å². The van der Waals surface area contributed by atoms with Crippen LogP contribution in [0.5, 0.6) is 0 Å². The van der Waals surface area contributed by atoms with Gasteiger partial charge < -0.3 is 15.4 Å². The molecule has 0 aliphatic rings. The Kier molecular flexibility index (Phi) is 7.33.